The van der Waals surface area contributed by atoms with Crippen LogP contribution in [-0.4, -0.2) is 29.8 Å². The molecular weight excluding hydrogens is 515 g/mol. The Morgan fingerprint density at radius 2 is 1.74 bits per heavy atom. The maximum atomic E-state index is 13.4. The summed E-state index contributed by atoms with van der Waals surface area (Å²) in [7, 11) is 1.83. The SMILES string of the molecule is C[C@H](c1ccccc1)N(C)C(=O)c1ccc([C@@H]2CC[C@@]3(C)C(=O)N[C@H](C)[C@H]3[C@H]2c2ccc(Cl)cc2)c(Cl)c1. The van der Waals surface area contributed by atoms with Crippen molar-refractivity contribution in [3.63, 3.8) is 0 Å². The van der Waals surface area contributed by atoms with Crippen LogP contribution in [0.1, 0.15) is 78.5 Å². The van der Waals surface area contributed by atoms with Crippen LogP contribution < -0.4 is 5.32 Å². The molecule has 0 bridgehead atoms. The predicted octanol–water partition coefficient (Wildman–Crippen LogP) is 7.63. The van der Waals surface area contributed by atoms with E-state index in [2.05, 4.69) is 31.3 Å². The third-order valence-electron chi connectivity index (χ3n) is 9.03. The molecule has 3 aromatic carbocycles. The molecule has 198 valence electrons. The summed E-state index contributed by atoms with van der Waals surface area (Å²) in [5.41, 5.74) is 3.40. The first-order valence-electron chi connectivity index (χ1n) is 13.3. The van der Waals surface area contributed by atoms with Crippen molar-refractivity contribution in [1.29, 1.82) is 0 Å². The van der Waals surface area contributed by atoms with Crippen molar-refractivity contribution in [2.24, 2.45) is 11.3 Å². The fourth-order valence-electron chi connectivity index (χ4n) is 6.81. The molecule has 1 aliphatic carbocycles. The topological polar surface area (TPSA) is 49.4 Å². The highest BCUT2D eigenvalue weighted by Crippen LogP contribution is 2.59. The summed E-state index contributed by atoms with van der Waals surface area (Å²) in [6.45, 7) is 6.23. The summed E-state index contributed by atoms with van der Waals surface area (Å²) in [5.74, 6) is 0.376. The monoisotopic (exact) mass is 548 g/mol. The van der Waals surface area contributed by atoms with Gasteiger partial charge in [0.15, 0.2) is 0 Å². The maximum absolute atomic E-state index is 13.4. The largest absolute Gasteiger partial charge is 0.353 e. The third-order valence-corrected chi connectivity index (χ3v) is 9.61. The van der Waals surface area contributed by atoms with Crippen LogP contribution in [0.25, 0.3) is 0 Å². The minimum atomic E-state index is -0.432. The first kappa shape index (κ1) is 26.8. The number of amides is 2. The van der Waals surface area contributed by atoms with E-state index < -0.39 is 5.41 Å². The first-order valence-corrected chi connectivity index (χ1v) is 14.1. The highest BCUT2D eigenvalue weighted by atomic mass is 35.5. The molecule has 1 saturated carbocycles. The van der Waals surface area contributed by atoms with Crippen molar-refractivity contribution in [3.8, 4) is 0 Å². The van der Waals surface area contributed by atoms with Crippen molar-refractivity contribution in [2.45, 2.75) is 57.5 Å². The molecule has 4 nitrogen and oxygen atoms in total. The summed E-state index contributed by atoms with van der Waals surface area (Å²) in [6, 6.07) is 23.7. The molecule has 0 spiro atoms. The van der Waals surface area contributed by atoms with Gasteiger partial charge in [-0.1, -0.05) is 78.7 Å². The molecule has 0 aromatic heterocycles. The van der Waals surface area contributed by atoms with Crippen LogP contribution in [0.4, 0.5) is 0 Å². The van der Waals surface area contributed by atoms with Crippen LogP contribution in [0.5, 0.6) is 0 Å². The Labute approximate surface area is 235 Å². The fourth-order valence-corrected chi connectivity index (χ4v) is 7.25. The molecule has 0 radical (unpaired) electrons. The lowest BCUT2D eigenvalue weighted by molar-refractivity contribution is -0.129. The minimum absolute atomic E-state index is 0.0451. The van der Waals surface area contributed by atoms with Gasteiger partial charge in [-0.15, -0.1) is 0 Å². The van der Waals surface area contributed by atoms with Crippen molar-refractivity contribution in [3.05, 3.63) is 105 Å². The van der Waals surface area contributed by atoms with Crippen molar-refractivity contribution >= 4 is 35.0 Å². The van der Waals surface area contributed by atoms with Crippen molar-refractivity contribution in [2.75, 3.05) is 7.05 Å². The van der Waals surface area contributed by atoms with E-state index in [4.69, 9.17) is 23.2 Å². The van der Waals surface area contributed by atoms with Crippen LogP contribution >= 0.6 is 23.2 Å². The lowest BCUT2D eigenvalue weighted by atomic mass is 9.56. The number of hydrogen-bond acceptors (Lipinski definition) is 2. The first-order chi connectivity index (χ1) is 18.1. The zero-order valence-corrected chi connectivity index (χ0v) is 23.8. The number of carbonyl (C=O) groups is 2. The van der Waals surface area contributed by atoms with E-state index in [9.17, 15) is 9.59 Å². The third kappa shape index (κ3) is 4.63. The van der Waals surface area contributed by atoms with Crippen molar-refractivity contribution in [1.82, 2.24) is 10.2 Å². The van der Waals surface area contributed by atoms with E-state index in [-0.39, 0.29) is 41.7 Å². The van der Waals surface area contributed by atoms with Crippen LogP contribution in [0.15, 0.2) is 72.8 Å². The van der Waals surface area contributed by atoms with Crippen LogP contribution in [0, 0.1) is 11.3 Å². The lowest BCUT2D eigenvalue weighted by Crippen LogP contribution is -2.42. The molecule has 1 heterocycles. The summed E-state index contributed by atoms with van der Waals surface area (Å²) in [6.07, 6.45) is 1.62. The van der Waals surface area contributed by atoms with E-state index in [1.165, 1.54) is 0 Å². The second kappa shape index (κ2) is 10.4. The Hall–Kier alpha value is -2.82. The van der Waals surface area contributed by atoms with E-state index in [1.807, 2.05) is 74.6 Å². The van der Waals surface area contributed by atoms with Crippen LogP contribution in [0.2, 0.25) is 10.0 Å². The van der Waals surface area contributed by atoms with Gasteiger partial charge in [-0.05, 0) is 79.5 Å². The van der Waals surface area contributed by atoms with Gasteiger partial charge < -0.3 is 10.2 Å². The second-order valence-corrected chi connectivity index (χ2v) is 12.0. The smallest absolute Gasteiger partial charge is 0.254 e. The molecule has 1 saturated heterocycles. The Balaban J connectivity index is 1.48. The standard InChI is InChI=1S/C32H34Cl2N2O2/c1-19-29-28(22-10-13-24(33)14-11-22)26(16-17-32(29,3)31(38)35-19)25-15-12-23(18-27(25)34)30(37)36(4)20(2)21-8-6-5-7-9-21/h5-15,18-20,26,28-29H,16-17H2,1-4H3,(H,35,38)/t19-,20-,26+,28+,29+,32-/m1/s1. The molecule has 2 amide bonds. The summed E-state index contributed by atoms with van der Waals surface area (Å²) >= 11 is 13.2. The molecule has 2 aliphatic rings. The number of fused-ring (bicyclic) bond motifs is 1. The summed E-state index contributed by atoms with van der Waals surface area (Å²) in [4.78, 5) is 28.2. The molecule has 0 unspecified atom stereocenters. The number of rotatable bonds is 5. The molecule has 6 atom stereocenters. The van der Waals surface area contributed by atoms with Crippen LogP contribution in [-0.2, 0) is 4.79 Å². The Morgan fingerprint density at radius 3 is 2.39 bits per heavy atom. The predicted molar refractivity (Wildman–Crippen MR) is 154 cm³/mol. The summed E-state index contributed by atoms with van der Waals surface area (Å²) in [5, 5.41) is 4.49. The van der Waals surface area contributed by atoms with Gasteiger partial charge >= 0.3 is 0 Å². The lowest BCUT2D eigenvalue weighted by Gasteiger charge is -2.46. The van der Waals surface area contributed by atoms with Gasteiger partial charge in [-0.3, -0.25) is 9.59 Å². The van der Waals surface area contributed by atoms with Gasteiger partial charge in [-0.25, -0.2) is 0 Å². The van der Waals surface area contributed by atoms with Gasteiger partial charge in [-0.2, -0.15) is 0 Å². The van der Waals surface area contributed by atoms with Gasteiger partial charge in [0, 0.05) is 34.6 Å². The number of benzene rings is 3. The molecule has 5 rings (SSSR count). The Kier molecular flexibility index (Phi) is 7.32. The number of carbonyl (C=O) groups excluding carboxylic acids is 2. The summed E-state index contributed by atoms with van der Waals surface area (Å²) < 4.78 is 0. The molecule has 1 aliphatic heterocycles. The molecular formula is C32H34Cl2N2O2. The number of halogens is 2. The minimum Gasteiger partial charge on any atom is -0.353 e. The Morgan fingerprint density at radius 1 is 1.05 bits per heavy atom. The van der Waals surface area contributed by atoms with Gasteiger partial charge in [0.2, 0.25) is 5.91 Å². The van der Waals surface area contributed by atoms with Crippen molar-refractivity contribution < 1.29 is 9.59 Å². The number of nitrogens with one attached hydrogen (secondary N) is 1. The average Bonchev–Trinajstić information content (AvgIpc) is 3.15. The zero-order valence-electron chi connectivity index (χ0n) is 22.2. The quantitative estimate of drug-likeness (QED) is 0.356. The van der Waals surface area contributed by atoms with Gasteiger partial charge in [0.1, 0.15) is 0 Å². The number of hydrogen-bond donors (Lipinski definition) is 1. The van der Waals surface area contributed by atoms with E-state index >= 15 is 0 Å². The van der Waals surface area contributed by atoms with Gasteiger partial charge in [0.25, 0.3) is 5.91 Å². The molecule has 6 heteroatoms. The molecule has 1 N–H and O–H groups in total. The fraction of sp³-hybridized carbons (Fsp3) is 0.375. The highest BCUT2D eigenvalue weighted by molar-refractivity contribution is 6.32. The molecule has 2 fully saturated rings. The normalized spacial score (nSPS) is 27.4. The van der Waals surface area contributed by atoms with E-state index in [1.54, 1.807) is 4.90 Å². The molecule has 38 heavy (non-hydrogen) atoms. The maximum Gasteiger partial charge on any atom is 0.254 e. The molecule has 3 aromatic rings. The number of nitrogens with zero attached hydrogens (tertiary/aromatic N) is 1. The average molecular weight is 550 g/mol. The van der Waals surface area contributed by atoms with E-state index in [0.717, 1.165) is 29.5 Å². The van der Waals surface area contributed by atoms with Crippen LogP contribution in [0.3, 0.4) is 0 Å². The van der Waals surface area contributed by atoms with Gasteiger partial charge in [0.05, 0.1) is 11.5 Å². The Bertz CT molecular complexity index is 1340. The van der Waals surface area contributed by atoms with E-state index in [0.29, 0.717) is 15.6 Å². The second-order valence-electron chi connectivity index (χ2n) is 11.2. The highest BCUT2D eigenvalue weighted by Gasteiger charge is 2.57. The zero-order chi connectivity index (χ0) is 27.2.